The molecule has 0 N–H and O–H groups in total. The fourth-order valence-corrected chi connectivity index (χ4v) is 1.53. The van der Waals surface area contributed by atoms with Crippen LogP contribution in [0.25, 0.3) is 0 Å². The average molecular weight is 204 g/mol. The quantitative estimate of drug-likeness (QED) is 0.675. The van der Waals surface area contributed by atoms with Crippen molar-refractivity contribution in [2.24, 2.45) is 0 Å². The molecule has 0 spiro atoms. The molecular weight excluding hydrogens is 184 g/mol. The van der Waals surface area contributed by atoms with Crippen LogP contribution >= 0.6 is 0 Å². The van der Waals surface area contributed by atoms with Gasteiger partial charge in [-0.05, 0) is 24.1 Å². The van der Waals surface area contributed by atoms with E-state index in [4.69, 9.17) is 4.74 Å². The van der Waals surface area contributed by atoms with Crippen LogP contribution in [0.1, 0.15) is 32.8 Å². The SMILES string of the molecule is CCC=CC(C)(C)c1cccc(OC)c1. The molecule has 0 aliphatic heterocycles. The summed E-state index contributed by atoms with van der Waals surface area (Å²) >= 11 is 0. The van der Waals surface area contributed by atoms with E-state index < -0.39 is 0 Å². The van der Waals surface area contributed by atoms with Crippen molar-refractivity contribution in [1.29, 1.82) is 0 Å². The zero-order valence-corrected chi connectivity index (χ0v) is 10.1. The molecule has 1 aromatic rings. The van der Waals surface area contributed by atoms with Crippen molar-refractivity contribution in [3.05, 3.63) is 42.0 Å². The lowest BCUT2D eigenvalue weighted by Gasteiger charge is -2.21. The van der Waals surface area contributed by atoms with Gasteiger partial charge >= 0.3 is 0 Å². The molecule has 0 radical (unpaired) electrons. The van der Waals surface area contributed by atoms with Gasteiger partial charge in [0.25, 0.3) is 0 Å². The lowest BCUT2D eigenvalue weighted by molar-refractivity contribution is 0.413. The van der Waals surface area contributed by atoms with E-state index in [0.717, 1.165) is 12.2 Å². The Balaban J connectivity index is 2.98. The Bertz CT molecular complexity index is 337. The summed E-state index contributed by atoms with van der Waals surface area (Å²) in [6, 6.07) is 8.25. The van der Waals surface area contributed by atoms with E-state index in [1.807, 2.05) is 12.1 Å². The number of hydrogen-bond donors (Lipinski definition) is 0. The first kappa shape index (κ1) is 11.8. The number of allylic oxidation sites excluding steroid dienone is 2. The largest absolute Gasteiger partial charge is 0.497 e. The molecule has 0 fully saturated rings. The maximum atomic E-state index is 5.23. The molecule has 0 heterocycles. The van der Waals surface area contributed by atoms with Crippen molar-refractivity contribution < 1.29 is 4.74 Å². The van der Waals surface area contributed by atoms with E-state index in [1.54, 1.807) is 7.11 Å². The van der Waals surface area contributed by atoms with Crippen LogP contribution in [-0.4, -0.2) is 7.11 Å². The fraction of sp³-hybridized carbons (Fsp3) is 0.429. The highest BCUT2D eigenvalue weighted by Gasteiger charge is 2.16. The first-order valence-electron chi connectivity index (χ1n) is 5.42. The van der Waals surface area contributed by atoms with Crippen LogP contribution in [-0.2, 0) is 5.41 Å². The van der Waals surface area contributed by atoms with Gasteiger partial charge in [-0.1, -0.05) is 45.1 Å². The lowest BCUT2D eigenvalue weighted by atomic mass is 9.84. The molecule has 0 amide bonds. The predicted octanol–water partition coefficient (Wildman–Crippen LogP) is 3.94. The maximum Gasteiger partial charge on any atom is 0.119 e. The molecule has 1 heteroatoms. The first-order valence-corrected chi connectivity index (χ1v) is 5.42. The molecule has 0 bridgehead atoms. The number of rotatable bonds is 4. The van der Waals surface area contributed by atoms with Crippen LogP contribution in [0.2, 0.25) is 0 Å². The normalized spacial score (nSPS) is 12.0. The van der Waals surface area contributed by atoms with Crippen LogP contribution in [0.3, 0.4) is 0 Å². The Labute approximate surface area is 92.8 Å². The van der Waals surface area contributed by atoms with Gasteiger partial charge in [-0.15, -0.1) is 0 Å². The highest BCUT2D eigenvalue weighted by molar-refractivity contribution is 5.35. The van der Waals surface area contributed by atoms with E-state index in [1.165, 1.54) is 5.56 Å². The van der Waals surface area contributed by atoms with Crippen molar-refractivity contribution in [3.63, 3.8) is 0 Å². The van der Waals surface area contributed by atoms with E-state index in [-0.39, 0.29) is 5.41 Å². The Hall–Kier alpha value is -1.24. The third-order valence-electron chi connectivity index (χ3n) is 2.58. The average Bonchev–Trinajstić information content (AvgIpc) is 2.26. The zero-order chi connectivity index (χ0) is 11.3. The highest BCUT2D eigenvalue weighted by Crippen LogP contribution is 2.27. The van der Waals surface area contributed by atoms with Crippen LogP contribution in [0, 0.1) is 0 Å². The van der Waals surface area contributed by atoms with Gasteiger partial charge in [-0.3, -0.25) is 0 Å². The first-order chi connectivity index (χ1) is 7.10. The summed E-state index contributed by atoms with van der Waals surface area (Å²) in [6.07, 6.45) is 5.54. The molecule has 0 saturated carbocycles. The van der Waals surface area contributed by atoms with Gasteiger partial charge < -0.3 is 4.74 Å². The third-order valence-corrected chi connectivity index (χ3v) is 2.58. The number of ether oxygens (including phenoxy) is 1. The molecule has 15 heavy (non-hydrogen) atoms. The third kappa shape index (κ3) is 3.12. The summed E-state index contributed by atoms with van der Waals surface area (Å²) in [5.41, 5.74) is 1.36. The van der Waals surface area contributed by atoms with Crippen molar-refractivity contribution >= 4 is 0 Å². The van der Waals surface area contributed by atoms with Gasteiger partial charge in [0.05, 0.1) is 7.11 Å². The molecule has 0 atom stereocenters. The molecule has 1 aromatic carbocycles. The highest BCUT2D eigenvalue weighted by atomic mass is 16.5. The molecule has 0 saturated heterocycles. The second-order valence-electron chi connectivity index (χ2n) is 4.26. The molecule has 1 nitrogen and oxygen atoms in total. The monoisotopic (exact) mass is 204 g/mol. The van der Waals surface area contributed by atoms with Crippen molar-refractivity contribution in [2.75, 3.05) is 7.11 Å². The number of methoxy groups -OCH3 is 1. The van der Waals surface area contributed by atoms with Crippen LogP contribution < -0.4 is 4.74 Å². The molecule has 0 aliphatic rings. The topological polar surface area (TPSA) is 9.23 Å². The van der Waals surface area contributed by atoms with Crippen molar-refractivity contribution in [2.45, 2.75) is 32.6 Å². The number of benzene rings is 1. The molecule has 0 unspecified atom stereocenters. The van der Waals surface area contributed by atoms with Gasteiger partial charge in [0.2, 0.25) is 0 Å². The zero-order valence-electron chi connectivity index (χ0n) is 10.1. The molecule has 0 aliphatic carbocycles. The van der Waals surface area contributed by atoms with E-state index >= 15 is 0 Å². The Morgan fingerprint density at radius 1 is 1.33 bits per heavy atom. The van der Waals surface area contributed by atoms with Crippen LogP contribution in [0.15, 0.2) is 36.4 Å². The van der Waals surface area contributed by atoms with E-state index in [9.17, 15) is 0 Å². The van der Waals surface area contributed by atoms with Gasteiger partial charge in [0.1, 0.15) is 5.75 Å². The maximum absolute atomic E-state index is 5.23. The summed E-state index contributed by atoms with van der Waals surface area (Å²) in [6.45, 7) is 6.58. The molecular formula is C14H20O. The smallest absolute Gasteiger partial charge is 0.119 e. The minimum absolute atomic E-state index is 0.0740. The second-order valence-corrected chi connectivity index (χ2v) is 4.26. The van der Waals surface area contributed by atoms with Crippen LogP contribution in [0.5, 0.6) is 5.75 Å². The van der Waals surface area contributed by atoms with Gasteiger partial charge in [0, 0.05) is 5.41 Å². The van der Waals surface area contributed by atoms with Gasteiger partial charge in [0.15, 0.2) is 0 Å². The molecule has 0 aromatic heterocycles. The predicted molar refractivity (Wildman–Crippen MR) is 65.5 cm³/mol. The minimum atomic E-state index is 0.0740. The van der Waals surface area contributed by atoms with Gasteiger partial charge in [-0.25, -0.2) is 0 Å². The lowest BCUT2D eigenvalue weighted by Crippen LogP contribution is -2.13. The molecule has 82 valence electrons. The summed E-state index contributed by atoms with van der Waals surface area (Å²) in [5.74, 6) is 0.922. The Morgan fingerprint density at radius 3 is 2.67 bits per heavy atom. The van der Waals surface area contributed by atoms with Crippen molar-refractivity contribution in [1.82, 2.24) is 0 Å². The second kappa shape index (κ2) is 5.01. The minimum Gasteiger partial charge on any atom is -0.497 e. The van der Waals surface area contributed by atoms with Gasteiger partial charge in [-0.2, -0.15) is 0 Å². The number of hydrogen-bond acceptors (Lipinski definition) is 1. The fourth-order valence-electron chi connectivity index (χ4n) is 1.53. The van der Waals surface area contributed by atoms with Crippen LogP contribution in [0.4, 0.5) is 0 Å². The Kier molecular flexibility index (Phi) is 3.96. The summed E-state index contributed by atoms with van der Waals surface area (Å²) < 4.78 is 5.23. The van der Waals surface area contributed by atoms with E-state index in [0.29, 0.717) is 0 Å². The Morgan fingerprint density at radius 2 is 2.07 bits per heavy atom. The summed E-state index contributed by atoms with van der Waals surface area (Å²) in [5, 5.41) is 0. The van der Waals surface area contributed by atoms with Crippen molar-refractivity contribution in [3.8, 4) is 5.75 Å². The van der Waals surface area contributed by atoms with E-state index in [2.05, 4.69) is 45.1 Å². The standard InChI is InChI=1S/C14H20O/c1-5-6-10-14(2,3)12-8-7-9-13(11-12)15-4/h6-11H,5H2,1-4H3. The summed E-state index contributed by atoms with van der Waals surface area (Å²) in [4.78, 5) is 0. The molecule has 1 rings (SSSR count). The summed E-state index contributed by atoms with van der Waals surface area (Å²) in [7, 11) is 1.70.